The lowest BCUT2D eigenvalue weighted by atomic mass is 10.8. The van der Waals surface area contributed by atoms with Crippen LogP contribution in [0.3, 0.4) is 0 Å². The average Bonchev–Trinajstić information content (AvgIpc) is 1.82. The second-order valence-corrected chi connectivity index (χ2v) is 2.22. The van der Waals surface area contributed by atoms with E-state index in [-0.39, 0.29) is 11.8 Å². The first kappa shape index (κ1) is 8.96. The molecule has 5 nitrogen and oxygen atoms in total. The maximum Gasteiger partial charge on any atom is 0.383 e. The van der Waals surface area contributed by atoms with Crippen molar-refractivity contribution in [1.29, 1.82) is 0 Å². The Labute approximate surface area is 60.0 Å². The number of carbonyl (C=O) groups excluding carboxylic acids is 1. The summed E-state index contributed by atoms with van der Waals surface area (Å²) in [6.45, 7) is 0. The second-order valence-electron chi connectivity index (χ2n) is 1.28. The van der Waals surface area contributed by atoms with Gasteiger partial charge in [-0.2, -0.15) is 0 Å². The van der Waals surface area contributed by atoms with Crippen LogP contribution in [0.5, 0.6) is 0 Å². The van der Waals surface area contributed by atoms with E-state index in [1.807, 2.05) is 0 Å². The molecule has 0 aliphatic rings. The second kappa shape index (κ2) is 3.89. The van der Waals surface area contributed by atoms with Crippen LogP contribution in [-0.2, 0) is 14.4 Å². The van der Waals surface area contributed by atoms with E-state index in [1.165, 1.54) is 0 Å². The van der Waals surface area contributed by atoms with Crippen molar-refractivity contribution in [2.24, 2.45) is 0 Å². The minimum absolute atomic E-state index is 0.255. The molecule has 0 atom stereocenters. The molecule has 0 rings (SSSR count). The van der Waals surface area contributed by atoms with E-state index >= 15 is 0 Å². The van der Waals surface area contributed by atoms with Crippen LogP contribution in [0.4, 0.5) is 0 Å². The van der Waals surface area contributed by atoms with Crippen molar-refractivity contribution < 1.29 is 24.6 Å². The van der Waals surface area contributed by atoms with Gasteiger partial charge in [0.05, 0.1) is 5.75 Å². The molecule has 0 unspecified atom stereocenters. The Morgan fingerprint density at radius 1 is 1.20 bits per heavy atom. The summed E-state index contributed by atoms with van der Waals surface area (Å²) < 4.78 is 0. The standard InChI is InChI=1S/C4H4O5S/c5-2(6)1-10-4(9)3(7)8/h1H2,(H,5,6)(H,7,8). The van der Waals surface area contributed by atoms with Gasteiger partial charge < -0.3 is 10.2 Å². The first-order valence-electron chi connectivity index (χ1n) is 2.16. The minimum atomic E-state index is -1.62. The molecule has 0 amide bonds. The zero-order valence-electron chi connectivity index (χ0n) is 4.73. The van der Waals surface area contributed by atoms with E-state index in [0.717, 1.165) is 0 Å². The molecule has 56 valence electrons. The van der Waals surface area contributed by atoms with Crippen LogP contribution in [0.25, 0.3) is 0 Å². The fraction of sp³-hybridized carbons (Fsp3) is 0.250. The van der Waals surface area contributed by atoms with E-state index < -0.39 is 22.8 Å². The van der Waals surface area contributed by atoms with Gasteiger partial charge in [0.1, 0.15) is 0 Å². The zero-order chi connectivity index (χ0) is 8.15. The number of aliphatic carboxylic acids is 2. The smallest absolute Gasteiger partial charge is 0.383 e. The van der Waals surface area contributed by atoms with Gasteiger partial charge in [-0.1, -0.05) is 11.8 Å². The maximum absolute atomic E-state index is 10.1. The van der Waals surface area contributed by atoms with Crippen LogP contribution >= 0.6 is 11.8 Å². The number of hydrogen-bond acceptors (Lipinski definition) is 4. The van der Waals surface area contributed by atoms with Crippen LogP contribution in [0.2, 0.25) is 0 Å². The number of carboxylic acids is 2. The first-order chi connectivity index (χ1) is 4.54. The monoisotopic (exact) mass is 164 g/mol. The number of carbonyl (C=O) groups is 3. The fourth-order valence-electron chi connectivity index (χ4n) is 0.189. The Bertz CT molecular complexity index is 174. The van der Waals surface area contributed by atoms with Crippen LogP contribution in [0, 0.1) is 0 Å². The van der Waals surface area contributed by atoms with Crippen molar-refractivity contribution >= 4 is 28.8 Å². The van der Waals surface area contributed by atoms with Gasteiger partial charge >= 0.3 is 11.9 Å². The van der Waals surface area contributed by atoms with E-state index in [9.17, 15) is 14.4 Å². The van der Waals surface area contributed by atoms with E-state index in [0.29, 0.717) is 0 Å². The van der Waals surface area contributed by atoms with Crippen LogP contribution in [-0.4, -0.2) is 33.0 Å². The topological polar surface area (TPSA) is 91.7 Å². The van der Waals surface area contributed by atoms with Gasteiger partial charge in [0.15, 0.2) is 0 Å². The SMILES string of the molecule is O=C(O)CSC(=O)C(=O)O. The largest absolute Gasteiger partial charge is 0.481 e. The molecule has 6 heteroatoms. The molecule has 10 heavy (non-hydrogen) atoms. The summed E-state index contributed by atoms with van der Waals surface area (Å²) in [5.74, 6) is -3.34. The number of rotatable bonds is 2. The average molecular weight is 164 g/mol. The fourth-order valence-corrected chi connectivity index (χ4v) is 0.567. The van der Waals surface area contributed by atoms with Gasteiger partial charge in [-0.15, -0.1) is 0 Å². The van der Waals surface area contributed by atoms with E-state index in [4.69, 9.17) is 10.2 Å². The summed E-state index contributed by atoms with van der Waals surface area (Å²) in [6, 6.07) is 0. The molecule has 0 radical (unpaired) electrons. The molecular formula is C4H4O5S. The Balaban J connectivity index is 3.60. The van der Waals surface area contributed by atoms with Gasteiger partial charge in [-0.25, -0.2) is 4.79 Å². The highest BCUT2D eigenvalue weighted by atomic mass is 32.2. The highest BCUT2D eigenvalue weighted by molar-refractivity contribution is 8.15. The molecule has 0 spiro atoms. The molecule has 0 saturated carbocycles. The number of thioether (sulfide) groups is 1. The maximum atomic E-state index is 10.1. The summed E-state index contributed by atoms with van der Waals surface area (Å²) in [5.41, 5.74) is 0. The molecule has 0 fully saturated rings. The van der Waals surface area contributed by atoms with Gasteiger partial charge in [0.25, 0.3) is 5.12 Å². The third-order valence-electron chi connectivity index (χ3n) is 0.501. The molecule has 0 aromatic heterocycles. The molecule has 0 bridgehead atoms. The lowest BCUT2D eigenvalue weighted by Gasteiger charge is -1.88. The molecule has 0 saturated heterocycles. The molecule has 0 aliphatic heterocycles. The van der Waals surface area contributed by atoms with Crippen LogP contribution in [0.15, 0.2) is 0 Å². The molecule has 2 N–H and O–H groups in total. The Hall–Kier alpha value is -1.04. The molecule has 0 aromatic rings. The molecule has 0 aliphatic carbocycles. The minimum Gasteiger partial charge on any atom is -0.481 e. The summed E-state index contributed by atoms with van der Waals surface area (Å²) in [4.78, 5) is 29.7. The van der Waals surface area contributed by atoms with Crippen molar-refractivity contribution in [3.05, 3.63) is 0 Å². The molecule has 0 heterocycles. The predicted octanol–water partition coefficient (Wildman–Crippen LogP) is -0.585. The van der Waals surface area contributed by atoms with Crippen molar-refractivity contribution in [2.45, 2.75) is 0 Å². The summed E-state index contributed by atoms with van der Waals surface area (Å²) in [5, 5.41) is 14.8. The summed E-state index contributed by atoms with van der Waals surface area (Å²) >= 11 is 0.255. The lowest BCUT2D eigenvalue weighted by Crippen LogP contribution is -2.11. The molecular weight excluding hydrogens is 160 g/mol. The third kappa shape index (κ3) is 3.90. The summed E-state index contributed by atoms with van der Waals surface area (Å²) in [7, 11) is 0. The van der Waals surface area contributed by atoms with Gasteiger partial charge in [0.2, 0.25) is 0 Å². The van der Waals surface area contributed by atoms with Crippen molar-refractivity contribution in [2.75, 3.05) is 5.75 Å². The van der Waals surface area contributed by atoms with Gasteiger partial charge in [0, 0.05) is 0 Å². The Morgan fingerprint density at radius 2 is 1.70 bits per heavy atom. The number of hydrogen-bond donors (Lipinski definition) is 2. The predicted molar refractivity (Wildman–Crippen MR) is 32.7 cm³/mol. The van der Waals surface area contributed by atoms with E-state index in [1.54, 1.807) is 0 Å². The van der Waals surface area contributed by atoms with Crippen molar-refractivity contribution in [3.8, 4) is 0 Å². The van der Waals surface area contributed by atoms with Gasteiger partial charge in [-0.3, -0.25) is 9.59 Å². The van der Waals surface area contributed by atoms with Crippen molar-refractivity contribution in [1.82, 2.24) is 0 Å². The normalized spacial score (nSPS) is 8.80. The van der Waals surface area contributed by atoms with Crippen LogP contribution < -0.4 is 0 Å². The van der Waals surface area contributed by atoms with Crippen LogP contribution in [0.1, 0.15) is 0 Å². The quantitative estimate of drug-likeness (QED) is 0.530. The third-order valence-corrected chi connectivity index (χ3v) is 1.33. The Morgan fingerprint density at radius 3 is 2.00 bits per heavy atom. The van der Waals surface area contributed by atoms with E-state index in [2.05, 4.69) is 0 Å². The Kier molecular flexibility index (Phi) is 3.48. The summed E-state index contributed by atoms with van der Waals surface area (Å²) in [6.07, 6.45) is 0. The van der Waals surface area contributed by atoms with Crippen molar-refractivity contribution in [3.63, 3.8) is 0 Å². The highest BCUT2D eigenvalue weighted by Crippen LogP contribution is 2.00. The number of carboxylic acid groups (broad SMARTS) is 2. The highest BCUT2D eigenvalue weighted by Gasteiger charge is 2.13. The lowest BCUT2D eigenvalue weighted by molar-refractivity contribution is -0.144. The zero-order valence-corrected chi connectivity index (χ0v) is 5.55. The van der Waals surface area contributed by atoms with Gasteiger partial charge in [-0.05, 0) is 0 Å². The molecule has 0 aromatic carbocycles. The first-order valence-corrected chi connectivity index (χ1v) is 3.14.